The number of amides is 1. The van der Waals surface area contributed by atoms with Crippen molar-refractivity contribution in [1.29, 1.82) is 0 Å². The molecule has 1 saturated heterocycles. The van der Waals surface area contributed by atoms with Gasteiger partial charge in [-0.05, 0) is 18.2 Å². The molecule has 2 aromatic heterocycles. The topological polar surface area (TPSA) is 89.5 Å². The molecule has 1 aliphatic heterocycles. The van der Waals surface area contributed by atoms with Crippen LogP contribution in [0.5, 0.6) is 5.75 Å². The van der Waals surface area contributed by atoms with Crippen LogP contribution in [0, 0.1) is 0 Å². The third kappa shape index (κ3) is 5.05. The zero-order valence-electron chi connectivity index (χ0n) is 19.2. The van der Waals surface area contributed by atoms with Crippen molar-refractivity contribution in [2.45, 2.75) is 19.4 Å². The average Bonchev–Trinajstić information content (AvgIpc) is 3.26. The summed E-state index contributed by atoms with van der Waals surface area (Å²) in [5.74, 6) is -0.0256. The maximum atomic E-state index is 13.1. The minimum Gasteiger partial charge on any atom is -0.486 e. The molecular formula is C25H23ClF2N4O4. The molecule has 0 saturated carbocycles. The Balaban J connectivity index is 1.47. The molecule has 4 aromatic rings. The molecule has 0 bridgehead atoms. The summed E-state index contributed by atoms with van der Waals surface area (Å²) in [7, 11) is 0. The third-order valence-electron chi connectivity index (χ3n) is 6.04. The number of benzene rings is 2. The quantitative estimate of drug-likeness (QED) is 0.405. The predicted molar refractivity (Wildman–Crippen MR) is 131 cm³/mol. The number of hydrogen-bond donors (Lipinski definition) is 1. The zero-order valence-corrected chi connectivity index (χ0v) is 19.9. The molecule has 36 heavy (non-hydrogen) atoms. The van der Waals surface area contributed by atoms with Gasteiger partial charge in [0.15, 0.2) is 0 Å². The first-order valence-electron chi connectivity index (χ1n) is 11.5. The summed E-state index contributed by atoms with van der Waals surface area (Å²) in [5, 5.41) is 6.72. The highest BCUT2D eigenvalue weighted by atomic mass is 35.5. The Kier molecular flexibility index (Phi) is 6.88. The van der Waals surface area contributed by atoms with E-state index in [1.54, 1.807) is 29.2 Å². The van der Waals surface area contributed by atoms with Crippen LogP contribution in [0.1, 0.15) is 11.4 Å². The van der Waals surface area contributed by atoms with Crippen molar-refractivity contribution in [3.05, 3.63) is 69.2 Å². The molecule has 0 radical (unpaired) electrons. The lowest BCUT2D eigenvalue weighted by molar-refractivity contribution is -0.136. The number of alkyl halides is 2. The van der Waals surface area contributed by atoms with Crippen LogP contribution in [0.2, 0.25) is 5.02 Å². The van der Waals surface area contributed by atoms with Crippen molar-refractivity contribution in [3.8, 4) is 5.75 Å². The number of rotatable bonds is 7. The number of nitrogens with one attached hydrogen (secondary N) is 1. The van der Waals surface area contributed by atoms with E-state index in [1.807, 2.05) is 18.2 Å². The normalized spacial score (nSPS) is 14.2. The van der Waals surface area contributed by atoms with E-state index in [2.05, 4.69) is 10.1 Å². The predicted octanol–water partition coefficient (Wildman–Crippen LogP) is 3.62. The number of ether oxygens (including phenoxy) is 2. The van der Waals surface area contributed by atoms with Gasteiger partial charge in [0.05, 0.1) is 29.3 Å². The zero-order chi connectivity index (χ0) is 25.2. The van der Waals surface area contributed by atoms with Gasteiger partial charge in [-0.15, -0.1) is 0 Å². The van der Waals surface area contributed by atoms with E-state index in [9.17, 15) is 18.4 Å². The molecule has 1 amide bonds. The molecule has 1 aliphatic rings. The fourth-order valence-electron chi connectivity index (χ4n) is 4.32. The van der Waals surface area contributed by atoms with Crippen LogP contribution in [-0.2, 0) is 22.5 Å². The molecule has 0 unspecified atom stereocenters. The van der Waals surface area contributed by atoms with Gasteiger partial charge in [0.2, 0.25) is 5.91 Å². The summed E-state index contributed by atoms with van der Waals surface area (Å²) in [6.45, 7) is 0.985. The molecular weight excluding hydrogens is 494 g/mol. The number of hydrogen-bond acceptors (Lipinski definition) is 5. The SMILES string of the molecule is O=C(Cn1nc(Cc2cc3cc(Cl)c(OCC(F)F)cc3[nH]2)c2ccccc2c1=O)N1CCOCC1. The van der Waals surface area contributed by atoms with Crippen LogP contribution in [0.25, 0.3) is 21.7 Å². The lowest BCUT2D eigenvalue weighted by Gasteiger charge is -2.27. The van der Waals surface area contributed by atoms with Crippen LogP contribution in [0.15, 0.2) is 47.3 Å². The van der Waals surface area contributed by atoms with Crippen molar-refractivity contribution >= 4 is 39.2 Å². The summed E-state index contributed by atoms with van der Waals surface area (Å²) in [5.41, 5.74) is 1.72. The summed E-state index contributed by atoms with van der Waals surface area (Å²) in [4.78, 5) is 30.8. The second kappa shape index (κ2) is 10.2. The van der Waals surface area contributed by atoms with E-state index < -0.39 is 13.0 Å². The van der Waals surface area contributed by atoms with Crippen LogP contribution in [-0.4, -0.2) is 64.9 Å². The first-order chi connectivity index (χ1) is 17.4. The Morgan fingerprint density at radius 1 is 1.17 bits per heavy atom. The maximum absolute atomic E-state index is 13.1. The van der Waals surface area contributed by atoms with Gasteiger partial charge >= 0.3 is 0 Å². The number of halogens is 3. The number of aromatic amines is 1. The van der Waals surface area contributed by atoms with Gasteiger partial charge in [0.25, 0.3) is 12.0 Å². The van der Waals surface area contributed by atoms with Crippen LogP contribution in [0.3, 0.4) is 0 Å². The largest absolute Gasteiger partial charge is 0.486 e. The Hall–Kier alpha value is -3.50. The highest BCUT2D eigenvalue weighted by Gasteiger charge is 2.20. The Labute approximate surface area is 209 Å². The van der Waals surface area contributed by atoms with E-state index >= 15 is 0 Å². The standard InChI is InChI=1S/C25H23ClF2N4O4/c26-19-10-15-9-16(29-20(15)12-22(19)36-14-23(27)28)11-21-17-3-1-2-4-18(17)25(34)32(30-21)13-24(33)31-5-7-35-8-6-31/h1-4,9-10,12,23,29H,5-8,11,13-14H2. The van der Waals surface area contributed by atoms with E-state index in [4.69, 9.17) is 21.1 Å². The molecule has 1 N–H and O–H groups in total. The molecule has 11 heteroatoms. The van der Waals surface area contributed by atoms with Crippen LogP contribution < -0.4 is 10.3 Å². The lowest BCUT2D eigenvalue weighted by atomic mass is 10.1. The number of fused-ring (bicyclic) bond motifs is 2. The van der Waals surface area contributed by atoms with Crippen molar-refractivity contribution < 1.29 is 23.0 Å². The number of carbonyl (C=O) groups excluding carboxylic acids is 1. The fourth-order valence-corrected chi connectivity index (χ4v) is 4.54. The average molecular weight is 517 g/mol. The van der Waals surface area contributed by atoms with Gasteiger partial charge in [0.1, 0.15) is 18.9 Å². The first-order valence-corrected chi connectivity index (χ1v) is 11.8. The molecule has 3 heterocycles. The monoisotopic (exact) mass is 516 g/mol. The van der Waals surface area contributed by atoms with Crippen molar-refractivity contribution in [2.75, 3.05) is 32.9 Å². The molecule has 188 valence electrons. The minimum absolute atomic E-state index is 0.163. The smallest absolute Gasteiger partial charge is 0.275 e. The maximum Gasteiger partial charge on any atom is 0.275 e. The van der Waals surface area contributed by atoms with Gasteiger partial charge in [-0.3, -0.25) is 9.59 Å². The summed E-state index contributed by atoms with van der Waals surface area (Å²) < 4.78 is 36.7. The van der Waals surface area contributed by atoms with E-state index in [-0.39, 0.29) is 28.8 Å². The Morgan fingerprint density at radius 2 is 1.92 bits per heavy atom. The molecule has 5 rings (SSSR count). The first kappa shape index (κ1) is 24.2. The van der Waals surface area contributed by atoms with Crippen molar-refractivity contribution in [2.24, 2.45) is 0 Å². The number of aromatic nitrogens is 3. The van der Waals surface area contributed by atoms with Gasteiger partial charge in [-0.2, -0.15) is 5.10 Å². The summed E-state index contributed by atoms with van der Waals surface area (Å²) >= 11 is 6.21. The van der Waals surface area contributed by atoms with E-state index in [1.165, 1.54) is 4.68 Å². The second-order valence-electron chi connectivity index (χ2n) is 8.49. The minimum atomic E-state index is -2.61. The number of H-pyrrole nitrogens is 1. The number of carbonyl (C=O) groups is 1. The van der Waals surface area contributed by atoms with Crippen molar-refractivity contribution in [3.63, 3.8) is 0 Å². The molecule has 8 nitrogen and oxygen atoms in total. The third-order valence-corrected chi connectivity index (χ3v) is 6.34. The second-order valence-corrected chi connectivity index (χ2v) is 8.90. The van der Waals surface area contributed by atoms with Gasteiger partial charge in [-0.25, -0.2) is 13.5 Å². The summed E-state index contributed by atoms with van der Waals surface area (Å²) in [6, 6.07) is 12.2. The van der Waals surface area contributed by atoms with Gasteiger partial charge in [0, 0.05) is 47.6 Å². The Morgan fingerprint density at radius 3 is 2.67 bits per heavy atom. The Bertz CT molecular complexity index is 1480. The lowest BCUT2D eigenvalue weighted by Crippen LogP contribution is -2.43. The van der Waals surface area contributed by atoms with Crippen LogP contribution >= 0.6 is 11.6 Å². The van der Waals surface area contributed by atoms with E-state index in [0.29, 0.717) is 54.7 Å². The van der Waals surface area contributed by atoms with Crippen molar-refractivity contribution in [1.82, 2.24) is 19.7 Å². The molecule has 2 aromatic carbocycles. The molecule has 0 atom stereocenters. The molecule has 0 spiro atoms. The fraction of sp³-hybridized carbons (Fsp3) is 0.320. The molecule has 0 aliphatic carbocycles. The van der Waals surface area contributed by atoms with Gasteiger partial charge in [-0.1, -0.05) is 29.8 Å². The summed E-state index contributed by atoms with van der Waals surface area (Å²) in [6.07, 6.45) is -2.27. The van der Waals surface area contributed by atoms with Gasteiger partial charge < -0.3 is 19.4 Å². The highest BCUT2D eigenvalue weighted by Crippen LogP contribution is 2.31. The number of morpholine rings is 1. The van der Waals surface area contributed by atoms with Crippen LogP contribution in [0.4, 0.5) is 8.78 Å². The molecule has 1 fully saturated rings. The van der Waals surface area contributed by atoms with E-state index in [0.717, 1.165) is 11.1 Å². The highest BCUT2D eigenvalue weighted by molar-refractivity contribution is 6.32. The number of nitrogens with zero attached hydrogens (tertiary/aromatic N) is 3.